The minimum absolute atomic E-state index is 0.256. The van der Waals surface area contributed by atoms with E-state index < -0.39 is 30.6 Å². The second-order valence-corrected chi connectivity index (χ2v) is 13.4. The second-order valence-electron chi connectivity index (χ2n) is 12.1. The van der Waals surface area contributed by atoms with Crippen LogP contribution in [-0.4, -0.2) is 46.0 Å². The van der Waals surface area contributed by atoms with E-state index in [1.54, 1.807) is 11.3 Å². The van der Waals surface area contributed by atoms with Crippen LogP contribution in [0.25, 0.3) is 10.7 Å². The molecule has 1 N–H and O–H groups in total. The summed E-state index contributed by atoms with van der Waals surface area (Å²) < 4.78 is 36.2. The third kappa shape index (κ3) is 8.54. The molecule has 0 radical (unpaired) electrons. The Balaban J connectivity index is 1.28. The largest absolute Gasteiger partial charge is 0.374 e. The highest BCUT2D eigenvalue weighted by molar-refractivity contribution is 7.71. The number of rotatable bonds is 15. The fourth-order valence-electron chi connectivity index (χ4n) is 6.14. The summed E-state index contributed by atoms with van der Waals surface area (Å²) in [6, 6.07) is 43.9. The summed E-state index contributed by atoms with van der Waals surface area (Å²) in [7, 11) is 0. The van der Waals surface area contributed by atoms with Crippen molar-refractivity contribution in [3.8, 4) is 10.7 Å². The highest BCUT2D eigenvalue weighted by atomic mass is 32.1. The first-order chi connectivity index (χ1) is 24.7. The van der Waals surface area contributed by atoms with Gasteiger partial charge in [-0.1, -0.05) is 127 Å². The van der Waals surface area contributed by atoms with Crippen molar-refractivity contribution in [2.45, 2.75) is 57.1 Å². The summed E-state index contributed by atoms with van der Waals surface area (Å²) in [6.07, 6.45) is -2.47. The molecule has 1 fully saturated rings. The Morgan fingerprint density at radius 1 is 0.640 bits per heavy atom. The Morgan fingerprint density at radius 3 is 1.70 bits per heavy atom. The number of hydrogen-bond acceptors (Lipinski definition) is 8. The predicted octanol–water partition coefficient (Wildman–Crippen LogP) is 8.54. The second kappa shape index (κ2) is 17.1. The number of aromatic nitrogens is 3. The highest BCUT2D eigenvalue weighted by Crippen LogP contribution is 2.39. The number of thiophene rings is 1. The lowest BCUT2D eigenvalue weighted by Crippen LogP contribution is -2.58. The molecule has 1 aliphatic rings. The van der Waals surface area contributed by atoms with E-state index >= 15 is 0 Å². The van der Waals surface area contributed by atoms with Crippen LogP contribution in [0.4, 0.5) is 0 Å². The van der Waals surface area contributed by atoms with Crippen molar-refractivity contribution in [2.24, 2.45) is 0 Å². The fraction of sp³-hybridized carbons (Fsp3) is 0.250. The van der Waals surface area contributed by atoms with E-state index in [0.29, 0.717) is 37.0 Å². The van der Waals surface area contributed by atoms with Gasteiger partial charge in [-0.05, 0) is 45.9 Å². The first kappa shape index (κ1) is 34.2. The van der Waals surface area contributed by atoms with E-state index in [0.717, 1.165) is 27.1 Å². The van der Waals surface area contributed by atoms with Crippen molar-refractivity contribution >= 4 is 23.6 Å². The van der Waals surface area contributed by atoms with Crippen LogP contribution in [0.1, 0.15) is 28.3 Å². The van der Waals surface area contributed by atoms with Crippen molar-refractivity contribution in [1.29, 1.82) is 0 Å². The molecule has 6 aromatic rings. The van der Waals surface area contributed by atoms with E-state index in [9.17, 15) is 0 Å². The predicted molar refractivity (Wildman–Crippen MR) is 196 cm³/mol. The lowest BCUT2D eigenvalue weighted by Gasteiger charge is -2.46. The fourth-order valence-corrected chi connectivity index (χ4v) is 7.11. The number of aromatic amines is 1. The molecule has 4 aromatic carbocycles. The maximum absolute atomic E-state index is 6.97. The molecule has 0 amide bonds. The van der Waals surface area contributed by atoms with Crippen molar-refractivity contribution in [1.82, 2.24) is 14.8 Å². The summed E-state index contributed by atoms with van der Waals surface area (Å²) in [4.78, 5) is 0.955. The van der Waals surface area contributed by atoms with Crippen LogP contribution in [0, 0.1) is 4.77 Å². The zero-order chi connectivity index (χ0) is 34.0. The molecule has 0 aliphatic carbocycles. The van der Waals surface area contributed by atoms with Crippen molar-refractivity contribution in [3.63, 3.8) is 0 Å². The van der Waals surface area contributed by atoms with Gasteiger partial charge < -0.3 is 23.7 Å². The molecule has 2 aromatic heterocycles. The number of benzene rings is 4. The standard InChI is InChI=1S/C40H39N3O5S2/c49-40-42-41-38(34-22-13-23-50-34)43(40)35-37(46-26-31-18-9-3-10-19-31)36(45-25-30-16-7-2-8-17-30)33(28-44-24-29-14-5-1-6-15-29)48-39(35)47-27-32-20-11-4-12-21-32/h1-23,33,35-37,39H,24-28H2,(H,42,49)/t33-,35-,36-,37-,39-/m1/s1. The molecule has 7 rings (SSSR count). The number of hydrogen-bond donors (Lipinski definition) is 1. The molecular formula is C40H39N3O5S2. The summed E-state index contributed by atoms with van der Waals surface area (Å²) in [5, 5.41) is 9.74. The molecule has 0 bridgehead atoms. The van der Waals surface area contributed by atoms with Crippen LogP contribution in [-0.2, 0) is 50.1 Å². The van der Waals surface area contributed by atoms with Crippen molar-refractivity contribution in [2.75, 3.05) is 6.61 Å². The monoisotopic (exact) mass is 705 g/mol. The first-order valence-corrected chi connectivity index (χ1v) is 18.0. The van der Waals surface area contributed by atoms with Gasteiger partial charge >= 0.3 is 0 Å². The minimum atomic E-state index is -0.791. The first-order valence-electron chi connectivity index (χ1n) is 16.7. The van der Waals surface area contributed by atoms with Gasteiger partial charge in [-0.25, -0.2) is 0 Å². The van der Waals surface area contributed by atoms with E-state index in [1.165, 1.54) is 0 Å². The van der Waals surface area contributed by atoms with Gasteiger partial charge in [-0.3, -0.25) is 9.67 Å². The van der Waals surface area contributed by atoms with Crippen LogP contribution < -0.4 is 0 Å². The van der Waals surface area contributed by atoms with Gasteiger partial charge in [0, 0.05) is 0 Å². The quantitative estimate of drug-likeness (QED) is 0.107. The average molecular weight is 706 g/mol. The molecule has 0 saturated carbocycles. The Labute approximate surface area is 301 Å². The third-order valence-electron chi connectivity index (χ3n) is 8.58. The maximum Gasteiger partial charge on any atom is 0.196 e. The normalized spacial score (nSPS) is 20.5. The molecular weight excluding hydrogens is 667 g/mol. The Morgan fingerprint density at radius 2 is 1.16 bits per heavy atom. The summed E-state index contributed by atoms with van der Waals surface area (Å²) >= 11 is 7.52. The summed E-state index contributed by atoms with van der Waals surface area (Å²) in [6.45, 7) is 1.70. The zero-order valence-corrected chi connectivity index (χ0v) is 29.1. The van der Waals surface area contributed by atoms with E-state index in [-0.39, 0.29) is 6.61 Å². The molecule has 3 heterocycles. The van der Waals surface area contributed by atoms with Crippen LogP contribution in [0.2, 0.25) is 0 Å². The zero-order valence-electron chi connectivity index (χ0n) is 27.5. The lowest BCUT2D eigenvalue weighted by atomic mass is 9.95. The van der Waals surface area contributed by atoms with Crippen molar-refractivity contribution < 1.29 is 23.7 Å². The Bertz CT molecular complexity index is 1920. The van der Waals surface area contributed by atoms with Gasteiger partial charge in [0.05, 0.1) is 37.9 Å². The van der Waals surface area contributed by atoms with Gasteiger partial charge in [0.1, 0.15) is 24.4 Å². The number of nitrogens with zero attached hydrogens (tertiary/aromatic N) is 2. The molecule has 1 aliphatic heterocycles. The maximum atomic E-state index is 6.97. The number of nitrogens with one attached hydrogen (secondary N) is 1. The van der Waals surface area contributed by atoms with Gasteiger partial charge in [0.2, 0.25) is 0 Å². The number of H-pyrrole nitrogens is 1. The molecule has 10 heteroatoms. The highest BCUT2D eigenvalue weighted by Gasteiger charge is 2.50. The molecule has 0 unspecified atom stereocenters. The van der Waals surface area contributed by atoms with E-state index in [2.05, 4.69) is 34.5 Å². The molecule has 256 valence electrons. The molecule has 5 atom stereocenters. The van der Waals surface area contributed by atoms with Gasteiger partial charge in [-0.2, -0.15) is 5.10 Å². The summed E-state index contributed by atoms with van der Waals surface area (Å²) in [5.74, 6) is 0.681. The van der Waals surface area contributed by atoms with Crippen LogP contribution in [0.3, 0.4) is 0 Å². The summed E-state index contributed by atoms with van der Waals surface area (Å²) in [5.41, 5.74) is 4.16. The van der Waals surface area contributed by atoms with E-state index in [1.807, 2.05) is 119 Å². The van der Waals surface area contributed by atoms with Gasteiger partial charge in [0.15, 0.2) is 16.9 Å². The molecule has 8 nitrogen and oxygen atoms in total. The lowest BCUT2D eigenvalue weighted by molar-refractivity contribution is -0.302. The topological polar surface area (TPSA) is 79.8 Å². The Kier molecular flexibility index (Phi) is 11.7. The Hall–Kier alpha value is -4.26. The van der Waals surface area contributed by atoms with E-state index in [4.69, 9.17) is 35.9 Å². The van der Waals surface area contributed by atoms with Crippen LogP contribution >= 0.6 is 23.6 Å². The smallest absolute Gasteiger partial charge is 0.196 e. The molecule has 0 spiro atoms. The minimum Gasteiger partial charge on any atom is -0.374 e. The van der Waals surface area contributed by atoms with Gasteiger partial charge in [0.25, 0.3) is 0 Å². The van der Waals surface area contributed by atoms with Crippen molar-refractivity contribution in [3.05, 3.63) is 166 Å². The van der Waals surface area contributed by atoms with Crippen LogP contribution in [0.5, 0.6) is 0 Å². The number of ether oxygens (including phenoxy) is 5. The SMILES string of the molecule is S=c1[nH]nc(-c2cccs2)n1[C@H]1[C@H](OCc2ccccc2)O[C@H](COCc2ccccc2)[C@@H](OCc2ccccc2)[C@@H]1OCc1ccccc1. The molecule has 1 saturated heterocycles. The average Bonchev–Trinajstić information content (AvgIpc) is 3.84. The van der Waals surface area contributed by atoms with Crippen LogP contribution in [0.15, 0.2) is 139 Å². The van der Waals surface area contributed by atoms with Gasteiger partial charge in [-0.15, -0.1) is 11.3 Å². The third-order valence-corrected chi connectivity index (χ3v) is 9.73. The molecule has 50 heavy (non-hydrogen) atoms.